The van der Waals surface area contributed by atoms with Gasteiger partial charge < -0.3 is 4.90 Å². The van der Waals surface area contributed by atoms with E-state index in [1.165, 1.54) is 9.58 Å². The van der Waals surface area contributed by atoms with Crippen LogP contribution in [0.1, 0.15) is 36.0 Å². The Labute approximate surface area is 131 Å². The Bertz CT molecular complexity index is 721. The number of hydrogen-bond acceptors (Lipinski definition) is 3. The van der Waals surface area contributed by atoms with Gasteiger partial charge in [0.05, 0.1) is 11.9 Å². The first-order valence-corrected chi connectivity index (χ1v) is 7.52. The number of carbonyl (C=O) groups is 1. The molecule has 1 heterocycles. The minimum Gasteiger partial charge on any atom is -0.335 e. The van der Waals surface area contributed by atoms with Crippen LogP contribution in [0.25, 0.3) is 11.0 Å². The van der Waals surface area contributed by atoms with Crippen LogP contribution in [-0.2, 0) is 7.05 Å². The van der Waals surface area contributed by atoms with Crippen LogP contribution < -0.4 is 0 Å². The van der Waals surface area contributed by atoms with Gasteiger partial charge in [0.2, 0.25) is 0 Å². The topological polar surface area (TPSA) is 51.0 Å². The summed E-state index contributed by atoms with van der Waals surface area (Å²) in [4.78, 5) is 14.0. The molecule has 0 N–H and O–H groups in total. The summed E-state index contributed by atoms with van der Waals surface area (Å²) in [5, 5.41) is 7.80. The van der Waals surface area contributed by atoms with E-state index in [0.717, 1.165) is 19.3 Å². The molecule has 0 unspecified atom stereocenters. The van der Waals surface area contributed by atoms with Gasteiger partial charge in [0, 0.05) is 25.2 Å². The van der Waals surface area contributed by atoms with E-state index in [1.807, 2.05) is 0 Å². The number of alkyl halides is 3. The van der Waals surface area contributed by atoms with Gasteiger partial charge in [-0.15, -0.1) is 5.10 Å². The maximum absolute atomic E-state index is 12.7. The molecule has 0 aliphatic heterocycles. The summed E-state index contributed by atoms with van der Waals surface area (Å²) in [5.74, 6) is -0.359. The standard InChI is InChI=1S/C15H17F3N4O/c1-21-13-9-10(5-6-12(13)19-20-21)14(23)22(11-3-2-4-11)8-7-15(16,17)18/h5-6,9,11H,2-4,7-8H2,1H3. The lowest BCUT2D eigenvalue weighted by Gasteiger charge is -2.38. The minimum atomic E-state index is -4.27. The number of carbonyl (C=O) groups excluding carboxylic acids is 1. The van der Waals surface area contributed by atoms with Crippen molar-refractivity contribution in [2.45, 2.75) is 37.9 Å². The van der Waals surface area contributed by atoms with Crippen molar-refractivity contribution < 1.29 is 18.0 Å². The zero-order valence-electron chi connectivity index (χ0n) is 12.7. The normalized spacial score (nSPS) is 15.7. The van der Waals surface area contributed by atoms with Gasteiger partial charge in [0.15, 0.2) is 0 Å². The van der Waals surface area contributed by atoms with Gasteiger partial charge in [-0.25, -0.2) is 4.68 Å². The van der Waals surface area contributed by atoms with Crippen LogP contribution in [0, 0.1) is 0 Å². The Balaban J connectivity index is 1.84. The summed E-state index contributed by atoms with van der Waals surface area (Å²) in [5.41, 5.74) is 1.70. The molecule has 0 saturated heterocycles. The zero-order valence-corrected chi connectivity index (χ0v) is 12.7. The van der Waals surface area contributed by atoms with Crippen LogP contribution in [0.2, 0.25) is 0 Å². The van der Waals surface area contributed by atoms with E-state index in [4.69, 9.17) is 0 Å². The van der Waals surface area contributed by atoms with Crippen molar-refractivity contribution in [3.8, 4) is 0 Å². The fourth-order valence-electron chi connectivity index (χ4n) is 2.73. The second-order valence-electron chi connectivity index (χ2n) is 5.86. The van der Waals surface area contributed by atoms with Crippen molar-refractivity contribution in [2.75, 3.05) is 6.54 Å². The molecule has 0 bridgehead atoms. The van der Waals surface area contributed by atoms with Crippen molar-refractivity contribution in [3.05, 3.63) is 23.8 Å². The molecule has 23 heavy (non-hydrogen) atoms. The lowest BCUT2D eigenvalue weighted by atomic mass is 9.90. The molecule has 1 aliphatic rings. The number of halogens is 3. The summed E-state index contributed by atoms with van der Waals surface area (Å²) >= 11 is 0. The van der Waals surface area contributed by atoms with Crippen molar-refractivity contribution in [1.29, 1.82) is 0 Å². The molecule has 0 atom stereocenters. The molecule has 0 radical (unpaired) electrons. The van der Waals surface area contributed by atoms with Gasteiger partial charge in [-0.2, -0.15) is 13.2 Å². The highest BCUT2D eigenvalue weighted by molar-refractivity contribution is 5.97. The number of fused-ring (bicyclic) bond motifs is 1. The number of amides is 1. The summed E-state index contributed by atoms with van der Waals surface area (Å²) in [6.45, 7) is -0.297. The number of aryl methyl sites for hydroxylation is 1. The van der Waals surface area contributed by atoms with Gasteiger partial charge in [-0.3, -0.25) is 4.79 Å². The Morgan fingerprint density at radius 1 is 1.39 bits per heavy atom. The first-order chi connectivity index (χ1) is 10.8. The van der Waals surface area contributed by atoms with E-state index < -0.39 is 12.6 Å². The molecular formula is C15H17F3N4O. The second-order valence-corrected chi connectivity index (χ2v) is 5.86. The molecule has 1 aromatic carbocycles. The number of aromatic nitrogens is 3. The lowest BCUT2D eigenvalue weighted by Crippen LogP contribution is -2.45. The lowest BCUT2D eigenvalue weighted by molar-refractivity contribution is -0.138. The Hall–Kier alpha value is -2.12. The minimum absolute atomic E-state index is 0.0924. The Kier molecular flexibility index (Phi) is 3.99. The van der Waals surface area contributed by atoms with Crippen molar-refractivity contribution in [3.63, 3.8) is 0 Å². The predicted molar refractivity (Wildman–Crippen MR) is 77.9 cm³/mol. The highest BCUT2D eigenvalue weighted by Gasteiger charge is 2.34. The molecule has 0 spiro atoms. The van der Waals surface area contributed by atoms with Crippen LogP contribution in [0.5, 0.6) is 0 Å². The number of rotatable bonds is 4. The van der Waals surface area contributed by atoms with Crippen LogP contribution in [-0.4, -0.2) is 44.6 Å². The number of hydrogen-bond donors (Lipinski definition) is 0. The first-order valence-electron chi connectivity index (χ1n) is 7.52. The number of nitrogens with zero attached hydrogens (tertiary/aromatic N) is 4. The average Bonchev–Trinajstić information content (AvgIpc) is 2.80. The average molecular weight is 326 g/mol. The fourth-order valence-corrected chi connectivity index (χ4v) is 2.73. The molecule has 5 nitrogen and oxygen atoms in total. The summed E-state index contributed by atoms with van der Waals surface area (Å²) < 4.78 is 39.1. The smallest absolute Gasteiger partial charge is 0.335 e. The molecule has 1 amide bonds. The van der Waals surface area contributed by atoms with E-state index >= 15 is 0 Å². The molecule has 124 valence electrons. The highest BCUT2D eigenvalue weighted by atomic mass is 19.4. The third-order valence-corrected chi connectivity index (χ3v) is 4.27. The summed E-state index contributed by atoms with van der Waals surface area (Å²) in [6, 6.07) is 4.80. The molecule has 1 saturated carbocycles. The summed E-state index contributed by atoms with van der Waals surface area (Å²) in [6.07, 6.45) is -2.77. The molecule has 1 aliphatic carbocycles. The quantitative estimate of drug-likeness (QED) is 0.868. The van der Waals surface area contributed by atoms with E-state index in [9.17, 15) is 18.0 Å². The Morgan fingerprint density at radius 3 is 2.74 bits per heavy atom. The molecule has 3 rings (SSSR count). The van der Waals surface area contributed by atoms with Gasteiger partial charge in [0.25, 0.3) is 5.91 Å². The van der Waals surface area contributed by atoms with Gasteiger partial charge in [0.1, 0.15) is 5.52 Å². The molecular weight excluding hydrogens is 309 g/mol. The zero-order chi connectivity index (χ0) is 16.6. The second kappa shape index (κ2) is 5.82. The van der Waals surface area contributed by atoms with Crippen molar-refractivity contribution >= 4 is 16.9 Å². The number of benzene rings is 1. The molecule has 1 fully saturated rings. The van der Waals surface area contributed by atoms with E-state index in [0.29, 0.717) is 16.6 Å². The SMILES string of the molecule is Cn1nnc2ccc(C(=O)N(CCC(F)(F)F)C3CCC3)cc21. The van der Waals surface area contributed by atoms with Crippen LogP contribution in [0.15, 0.2) is 18.2 Å². The van der Waals surface area contributed by atoms with Crippen LogP contribution >= 0.6 is 0 Å². The van der Waals surface area contributed by atoms with Gasteiger partial charge >= 0.3 is 6.18 Å². The maximum Gasteiger partial charge on any atom is 0.390 e. The van der Waals surface area contributed by atoms with Crippen LogP contribution in [0.4, 0.5) is 13.2 Å². The molecule has 2 aromatic rings. The predicted octanol–water partition coefficient (Wildman–Crippen LogP) is 2.92. The third-order valence-electron chi connectivity index (χ3n) is 4.27. The molecule has 1 aromatic heterocycles. The molecule has 8 heteroatoms. The Morgan fingerprint density at radius 2 is 2.13 bits per heavy atom. The monoisotopic (exact) mass is 326 g/mol. The van der Waals surface area contributed by atoms with E-state index in [2.05, 4.69) is 10.3 Å². The third kappa shape index (κ3) is 3.30. The van der Waals surface area contributed by atoms with Crippen molar-refractivity contribution in [2.24, 2.45) is 7.05 Å². The van der Waals surface area contributed by atoms with Gasteiger partial charge in [-0.05, 0) is 37.5 Å². The van der Waals surface area contributed by atoms with E-state index in [1.54, 1.807) is 25.2 Å². The highest BCUT2D eigenvalue weighted by Crippen LogP contribution is 2.29. The van der Waals surface area contributed by atoms with Crippen molar-refractivity contribution in [1.82, 2.24) is 19.9 Å². The van der Waals surface area contributed by atoms with Gasteiger partial charge in [-0.1, -0.05) is 5.21 Å². The van der Waals surface area contributed by atoms with Crippen LogP contribution in [0.3, 0.4) is 0 Å². The largest absolute Gasteiger partial charge is 0.390 e. The fraction of sp³-hybridized carbons (Fsp3) is 0.533. The first kappa shape index (κ1) is 15.8. The maximum atomic E-state index is 12.7. The summed E-state index contributed by atoms with van der Waals surface area (Å²) in [7, 11) is 1.71. The van der Waals surface area contributed by atoms with E-state index in [-0.39, 0.29) is 18.5 Å².